The Bertz CT molecular complexity index is 1740. The first-order valence-electron chi connectivity index (χ1n) is 14.7. The highest BCUT2D eigenvalue weighted by Crippen LogP contribution is 2.31. The minimum atomic E-state index is -1.08. The van der Waals surface area contributed by atoms with Crippen LogP contribution in [0.25, 0.3) is 16.9 Å². The summed E-state index contributed by atoms with van der Waals surface area (Å²) >= 11 is 0. The van der Waals surface area contributed by atoms with Gasteiger partial charge in [0.05, 0.1) is 31.7 Å². The largest absolute Gasteiger partial charge is 0.494 e. The number of rotatable bonds is 6. The fourth-order valence-corrected chi connectivity index (χ4v) is 5.72. The Kier molecular flexibility index (Phi) is 8.50. The number of fused-ring (bicyclic) bond motifs is 1. The van der Waals surface area contributed by atoms with Crippen molar-refractivity contribution in [3.8, 4) is 17.0 Å². The van der Waals surface area contributed by atoms with Crippen molar-refractivity contribution in [1.82, 2.24) is 29.1 Å². The molecule has 2 aromatic carbocycles. The number of hydrogen-bond donors (Lipinski definition) is 2. The highest BCUT2D eigenvalue weighted by Gasteiger charge is 2.31. The Morgan fingerprint density at radius 2 is 1.82 bits per heavy atom. The number of aryl methyl sites for hydroxylation is 1. The summed E-state index contributed by atoms with van der Waals surface area (Å²) in [5.41, 5.74) is 8.49. The zero-order valence-electron chi connectivity index (χ0n) is 25.0. The molecule has 45 heavy (non-hydrogen) atoms. The number of carbonyl (C=O) groups excluding carboxylic acids is 2. The van der Waals surface area contributed by atoms with Crippen LogP contribution in [-0.2, 0) is 4.74 Å². The molecule has 0 aliphatic carbocycles. The summed E-state index contributed by atoms with van der Waals surface area (Å²) in [6, 6.07) is 8.12. The van der Waals surface area contributed by atoms with Crippen molar-refractivity contribution in [3.05, 3.63) is 71.7 Å². The molecule has 2 aliphatic heterocycles. The molecule has 0 spiro atoms. The Balaban J connectivity index is 1.13. The van der Waals surface area contributed by atoms with Gasteiger partial charge in [-0.15, -0.1) is 0 Å². The van der Waals surface area contributed by atoms with E-state index in [1.54, 1.807) is 37.4 Å². The third-order valence-corrected chi connectivity index (χ3v) is 8.20. The molecule has 2 fully saturated rings. The number of hydrogen-bond acceptors (Lipinski definition) is 8. The molecule has 0 unspecified atom stereocenters. The third kappa shape index (κ3) is 5.85. The summed E-state index contributed by atoms with van der Waals surface area (Å²) in [7, 11) is 1.27. The van der Waals surface area contributed by atoms with Crippen LogP contribution in [0.2, 0.25) is 0 Å². The van der Waals surface area contributed by atoms with Gasteiger partial charge in [0.2, 0.25) is 5.82 Å². The number of aromatic nitrogens is 3. The van der Waals surface area contributed by atoms with Gasteiger partial charge in [0.25, 0.3) is 5.91 Å². The van der Waals surface area contributed by atoms with Crippen LogP contribution in [0, 0.1) is 18.6 Å². The van der Waals surface area contributed by atoms with Gasteiger partial charge in [-0.1, -0.05) is 0 Å². The summed E-state index contributed by atoms with van der Waals surface area (Å²) in [6.07, 6.45) is 4.44. The molecule has 6 rings (SSSR count). The first-order valence-corrected chi connectivity index (χ1v) is 14.7. The average Bonchev–Trinajstić information content (AvgIpc) is 3.50. The molecule has 12 nitrogen and oxygen atoms in total. The van der Waals surface area contributed by atoms with Gasteiger partial charge in [0.1, 0.15) is 0 Å². The van der Waals surface area contributed by atoms with E-state index in [1.165, 1.54) is 31.6 Å². The van der Waals surface area contributed by atoms with Gasteiger partial charge in [-0.25, -0.2) is 19.2 Å². The van der Waals surface area contributed by atoms with Gasteiger partial charge in [-0.2, -0.15) is 4.39 Å². The van der Waals surface area contributed by atoms with Crippen molar-refractivity contribution in [2.75, 3.05) is 64.8 Å². The quantitative estimate of drug-likeness (QED) is 0.336. The van der Waals surface area contributed by atoms with Gasteiger partial charge >= 0.3 is 6.03 Å². The van der Waals surface area contributed by atoms with Gasteiger partial charge < -0.3 is 35.2 Å². The van der Waals surface area contributed by atoms with E-state index in [0.717, 1.165) is 5.56 Å². The number of halogens is 2. The number of amides is 3. The van der Waals surface area contributed by atoms with Crippen LogP contribution in [0.3, 0.4) is 0 Å². The third-order valence-electron chi connectivity index (χ3n) is 8.20. The number of carbonyl (C=O) groups is 2. The van der Waals surface area contributed by atoms with Crippen molar-refractivity contribution in [2.24, 2.45) is 5.73 Å². The first-order chi connectivity index (χ1) is 21.8. The number of methoxy groups -OCH3 is 1. The van der Waals surface area contributed by atoms with E-state index in [1.807, 2.05) is 13.0 Å². The number of ether oxygens (including phenoxy) is 2. The smallest absolute Gasteiger partial charge is 0.320 e. The molecule has 0 radical (unpaired) electrons. The molecule has 14 heteroatoms. The minimum Gasteiger partial charge on any atom is -0.494 e. The van der Waals surface area contributed by atoms with Crippen molar-refractivity contribution in [2.45, 2.75) is 13.0 Å². The zero-order chi connectivity index (χ0) is 31.7. The van der Waals surface area contributed by atoms with Crippen molar-refractivity contribution in [1.29, 1.82) is 0 Å². The van der Waals surface area contributed by atoms with Crippen LogP contribution in [0.1, 0.15) is 15.9 Å². The molecule has 0 bridgehead atoms. The number of urea groups is 1. The van der Waals surface area contributed by atoms with E-state index < -0.39 is 11.6 Å². The Morgan fingerprint density at radius 3 is 2.56 bits per heavy atom. The van der Waals surface area contributed by atoms with Crippen LogP contribution in [0.4, 0.5) is 25.1 Å². The second kappa shape index (κ2) is 12.7. The normalized spacial score (nSPS) is 17.1. The van der Waals surface area contributed by atoms with Gasteiger partial charge in [0, 0.05) is 75.0 Å². The monoisotopic (exact) mass is 620 g/mol. The maximum Gasteiger partial charge on any atom is 0.320 e. The Labute approximate surface area is 258 Å². The van der Waals surface area contributed by atoms with Crippen LogP contribution in [0.15, 0.2) is 48.9 Å². The lowest BCUT2D eigenvalue weighted by Gasteiger charge is -2.40. The molecule has 4 aromatic rings. The Morgan fingerprint density at radius 1 is 1.04 bits per heavy atom. The fourth-order valence-electron chi connectivity index (χ4n) is 5.72. The minimum absolute atomic E-state index is 0.0307. The maximum absolute atomic E-state index is 14.8. The van der Waals surface area contributed by atoms with E-state index in [0.29, 0.717) is 80.8 Å². The standard InChI is InChI=1S/C31H34F2N8O4/c1-19-15-20(37-28-29-36-17-24(41(29)8-7-35-28)23-5-6-25(44-2)27(33)26(23)32)3-4-22(19)30(42)38-9-11-39(12-10-38)31(43)40-13-14-45-21(16-34)18-40/h3-8,15,17,21H,9-14,16,18,34H2,1-2H3,(H,35,37)/t21-/m0/s1. The number of nitrogens with two attached hydrogens (primary N) is 1. The van der Waals surface area contributed by atoms with Gasteiger partial charge in [-0.3, -0.25) is 9.20 Å². The molecule has 3 amide bonds. The molecule has 2 saturated heterocycles. The van der Waals surface area contributed by atoms with E-state index in [-0.39, 0.29) is 29.4 Å². The van der Waals surface area contributed by atoms with Gasteiger partial charge in [-0.05, 0) is 42.8 Å². The van der Waals surface area contributed by atoms with Crippen LogP contribution in [-0.4, -0.2) is 107 Å². The lowest BCUT2D eigenvalue weighted by atomic mass is 10.1. The van der Waals surface area contributed by atoms with E-state index in [2.05, 4.69) is 15.3 Å². The maximum atomic E-state index is 14.8. The van der Waals surface area contributed by atoms with E-state index in [9.17, 15) is 18.4 Å². The number of imidazole rings is 1. The predicted molar refractivity (Wildman–Crippen MR) is 163 cm³/mol. The topological polar surface area (TPSA) is 131 Å². The number of nitrogens with zero attached hydrogens (tertiary/aromatic N) is 6. The lowest BCUT2D eigenvalue weighted by molar-refractivity contribution is -0.0157. The molecule has 0 saturated carbocycles. The molecular formula is C31H34F2N8O4. The SMILES string of the molecule is COc1ccc(-c2cnc3c(Nc4ccc(C(=O)N5CCN(C(=O)N6CCO[C@@H](CN)C6)CC5)c(C)c4)nccn23)c(F)c1F. The second-order valence-corrected chi connectivity index (χ2v) is 10.9. The van der Waals surface area contributed by atoms with Crippen LogP contribution < -0.4 is 15.8 Å². The van der Waals surface area contributed by atoms with Crippen LogP contribution in [0.5, 0.6) is 5.75 Å². The highest BCUT2D eigenvalue weighted by molar-refractivity contribution is 5.96. The van der Waals surface area contributed by atoms with Crippen molar-refractivity contribution in [3.63, 3.8) is 0 Å². The van der Waals surface area contributed by atoms with Crippen LogP contribution >= 0.6 is 0 Å². The Hall–Kier alpha value is -4.82. The predicted octanol–water partition coefficient (Wildman–Crippen LogP) is 3.27. The zero-order valence-corrected chi connectivity index (χ0v) is 25.0. The molecule has 2 aliphatic rings. The number of benzene rings is 2. The molecular weight excluding hydrogens is 586 g/mol. The summed E-state index contributed by atoms with van der Waals surface area (Å²) in [5.74, 6) is -2.01. The van der Waals surface area contributed by atoms with Gasteiger partial charge in [0.15, 0.2) is 23.0 Å². The highest BCUT2D eigenvalue weighted by atomic mass is 19.2. The average molecular weight is 621 g/mol. The number of nitrogens with one attached hydrogen (secondary N) is 1. The summed E-state index contributed by atoms with van der Waals surface area (Å²) < 4.78 is 41.3. The molecule has 4 heterocycles. The molecule has 2 aromatic heterocycles. The summed E-state index contributed by atoms with van der Waals surface area (Å²) in [4.78, 5) is 40.5. The lowest BCUT2D eigenvalue weighted by Crippen LogP contribution is -2.57. The second-order valence-electron chi connectivity index (χ2n) is 10.9. The fraction of sp³-hybridized carbons (Fsp3) is 0.355. The van der Waals surface area contributed by atoms with Crippen molar-refractivity contribution >= 4 is 29.1 Å². The summed E-state index contributed by atoms with van der Waals surface area (Å²) in [5, 5.41) is 3.23. The van der Waals surface area contributed by atoms with E-state index in [4.69, 9.17) is 15.2 Å². The molecule has 3 N–H and O–H groups in total. The molecule has 236 valence electrons. The summed E-state index contributed by atoms with van der Waals surface area (Å²) in [6.45, 7) is 5.45. The number of piperazine rings is 1. The molecule has 1 atom stereocenters. The first kappa shape index (κ1) is 30.2. The van der Waals surface area contributed by atoms with E-state index >= 15 is 0 Å². The number of morpholine rings is 1. The van der Waals surface area contributed by atoms with Crippen molar-refractivity contribution < 1.29 is 27.8 Å². The number of anilines is 2.